The van der Waals surface area contributed by atoms with Gasteiger partial charge in [0.15, 0.2) is 0 Å². The molecule has 0 saturated carbocycles. The summed E-state index contributed by atoms with van der Waals surface area (Å²) in [6.45, 7) is 3.19. The van der Waals surface area contributed by atoms with Crippen LogP contribution in [0.5, 0.6) is 0 Å². The first-order chi connectivity index (χ1) is 8.29. The first-order valence-electron chi connectivity index (χ1n) is 5.53. The van der Waals surface area contributed by atoms with Gasteiger partial charge in [0.1, 0.15) is 5.82 Å². The molecule has 0 fully saturated rings. The number of hydrogen-bond acceptors (Lipinski definition) is 2. The lowest BCUT2D eigenvalue weighted by molar-refractivity contribution is -0.109. The van der Waals surface area contributed by atoms with Crippen LogP contribution < -0.4 is 5.32 Å². The third kappa shape index (κ3) is 2.93. The first kappa shape index (κ1) is 11.4. The van der Waals surface area contributed by atoms with E-state index in [1.807, 2.05) is 31.3 Å². The minimum Gasteiger partial charge on any atom is -0.351 e. The number of carbonyl (C=O) groups is 1. The molecule has 0 aliphatic carbocycles. The summed E-state index contributed by atoms with van der Waals surface area (Å²) < 4.78 is 2.06. The second-order valence-electron chi connectivity index (χ2n) is 3.91. The maximum Gasteiger partial charge on any atom is 0.207 e. The number of rotatable bonds is 5. The van der Waals surface area contributed by atoms with Gasteiger partial charge in [0.25, 0.3) is 0 Å². The highest BCUT2D eigenvalue weighted by Gasteiger charge is 2.05. The number of benzene rings is 1. The molecule has 4 heteroatoms. The second-order valence-corrected chi connectivity index (χ2v) is 3.91. The first-order valence-corrected chi connectivity index (χ1v) is 5.53. The van der Waals surface area contributed by atoms with Gasteiger partial charge in [-0.05, 0) is 12.5 Å². The van der Waals surface area contributed by atoms with Crippen LogP contribution in [0, 0.1) is 6.92 Å². The van der Waals surface area contributed by atoms with Crippen molar-refractivity contribution in [3.05, 3.63) is 53.6 Å². The molecule has 0 radical (unpaired) electrons. The third-order valence-electron chi connectivity index (χ3n) is 2.52. The Morgan fingerprint density at radius 3 is 2.82 bits per heavy atom. The molecular formula is C13H15N3O. The number of carbonyl (C=O) groups excluding carboxylic acids is 1. The van der Waals surface area contributed by atoms with Crippen LogP contribution in [0.3, 0.4) is 0 Å². The van der Waals surface area contributed by atoms with Crippen molar-refractivity contribution in [2.75, 3.05) is 0 Å². The highest BCUT2D eigenvalue weighted by Crippen LogP contribution is 2.07. The molecule has 1 aromatic heterocycles. The molecule has 1 heterocycles. The van der Waals surface area contributed by atoms with Gasteiger partial charge in [-0.1, -0.05) is 30.3 Å². The Hall–Kier alpha value is -2.10. The van der Waals surface area contributed by atoms with E-state index in [1.54, 1.807) is 0 Å². The van der Waals surface area contributed by atoms with Gasteiger partial charge in [-0.15, -0.1) is 0 Å². The Kier molecular flexibility index (Phi) is 3.55. The van der Waals surface area contributed by atoms with E-state index >= 15 is 0 Å². The van der Waals surface area contributed by atoms with Gasteiger partial charge in [0.2, 0.25) is 6.41 Å². The maximum absolute atomic E-state index is 10.3. The molecule has 1 aromatic carbocycles. The van der Waals surface area contributed by atoms with Crippen LogP contribution in [0.15, 0.2) is 36.5 Å². The molecule has 4 nitrogen and oxygen atoms in total. The molecule has 0 saturated heterocycles. The number of hydrogen-bond donors (Lipinski definition) is 1. The Morgan fingerprint density at radius 2 is 2.12 bits per heavy atom. The number of imidazole rings is 1. The predicted molar refractivity (Wildman–Crippen MR) is 65.4 cm³/mol. The number of nitrogens with zero attached hydrogens (tertiary/aromatic N) is 2. The predicted octanol–water partition coefficient (Wildman–Crippen LogP) is 1.49. The minimum atomic E-state index is 0.462. The normalized spacial score (nSPS) is 10.2. The molecule has 0 aliphatic rings. The van der Waals surface area contributed by atoms with E-state index in [0.29, 0.717) is 13.0 Å². The molecule has 2 aromatic rings. The standard InChI is InChI=1S/C13H15N3O/c1-11-8-16(13(15-11)7-14-10-17)9-12-5-3-2-4-6-12/h2-6,8,10H,7,9H2,1H3,(H,14,17). The Morgan fingerprint density at radius 1 is 1.35 bits per heavy atom. The van der Waals surface area contributed by atoms with Gasteiger partial charge in [-0.3, -0.25) is 4.79 Å². The van der Waals surface area contributed by atoms with Crippen LogP contribution in [0.4, 0.5) is 0 Å². The molecule has 0 bridgehead atoms. The van der Waals surface area contributed by atoms with Gasteiger partial charge in [0.05, 0.1) is 12.2 Å². The Bertz CT molecular complexity index is 491. The largest absolute Gasteiger partial charge is 0.351 e. The fraction of sp³-hybridized carbons (Fsp3) is 0.231. The van der Waals surface area contributed by atoms with Crippen LogP contribution in [-0.2, 0) is 17.9 Å². The topological polar surface area (TPSA) is 46.9 Å². The monoisotopic (exact) mass is 229 g/mol. The van der Waals surface area contributed by atoms with Crippen molar-refractivity contribution >= 4 is 6.41 Å². The van der Waals surface area contributed by atoms with Gasteiger partial charge in [-0.25, -0.2) is 4.98 Å². The van der Waals surface area contributed by atoms with Crippen LogP contribution in [0.1, 0.15) is 17.1 Å². The molecule has 88 valence electrons. The highest BCUT2D eigenvalue weighted by atomic mass is 16.1. The fourth-order valence-corrected chi connectivity index (χ4v) is 1.79. The van der Waals surface area contributed by atoms with Crippen molar-refractivity contribution in [1.29, 1.82) is 0 Å². The summed E-state index contributed by atoms with van der Waals surface area (Å²) in [5.41, 5.74) is 2.18. The highest BCUT2D eigenvalue weighted by molar-refractivity contribution is 5.45. The SMILES string of the molecule is Cc1cn(Cc2ccccc2)c(CNC=O)n1. The summed E-state index contributed by atoms with van der Waals surface area (Å²) in [7, 11) is 0. The summed E-state index contributed by atoms with van der Waals surface area (Å²) in [4.78, 5) is 14.7. The van der Waals surface area contributed by atoms with Crippen molar-refractivity contribution < 1.29 is 4.79 Å². The van der Waals surface area contributed by atoms with E-state index < -0.39 is 0 Å². The molecule has 0 aliphatic heterocycles. The van der Waals surface area contributed by atoms with Crippen molar-refractivity contribution in [1.82, 2.24) is 14.9 Å². The quantitative estimate of drug-likeness (QED) is 0.789. The van der Waals surface area contributed by atoms with E-state index in [0.717, 1.165) is 18.1 Å². The van der Waals surface area contributed by atoms with Crippen LogP contribution >= 0.6 is 0 Å². The van der Waals surface area contributed by atoms with Crippen molar-refractivity contribution in [2.24, 2.45) is 0 Å². The van der Waals surface area contributed by atoms with Crippen LogP contribution in [-0.4, -0.2) is 16.0 Å². The zero-order valence-corrected chi connectivity index (χ0v) is 9.76. The number of aromatic nitrogens is 2. The molecule has 1 N–H and O–H groups in total. The summed E-state index contributed by atoms with van der Waals surface area (Å²) in [6, 6.07) is 10.2. The van der Waals surface area contributed by atoms with E-state index in [-0.39, 0.29) is 0 Å². The number of aryl methyl sites for hydroxylation is 1. The Balaban J connectivity index is 2.17. The lowest BCUT2D eigenvalue weighted by Gasteiger charge is -2.07. The molecule has 2 rings (SSSR count). The second kappa shape index (κ2) is 5.30. The van der Waals surface area contributed by atoms with E-state index in [1.165, 1.54) is 5.56 Å². The average Bonchev–Trinajstić information content (AvgIpc) is 2.68. The average molecular weight is 229 g/mol. The van der Waals surface area contributed by atoms with E-state index in [4.69, 9.17) is 0 Å². The summed E-state index contributed by atoms with van der Waals surface area (Å²) in [5, 5.41) is 2.64. The van der Waals surface area contributed by atoms with Gasteiger partial charge in [0, 0.05) is 12.7 Å². The van der Waals surface area contributed by atoms with E-state index in [9.17, 15) is 4.79 Å². The minimum absolute atomic E-state index is 0.462. The van der Waals surface area contributed by atoms with Crippen LogP contribution in [0.2, 0.25) is 0 Å². The molecule has 0 atom stereocenters. The molecular weight excluding hydrogens is 214 g/mol. The molecule has 17 heavy (non-hydrogen) atoms. The van der Waals surface area contributed by atoms with Gasteiger partial charge in [-0.2, -0.15) is 0 Å². The van der Waals surface area contributed by atoms with Crippen molar-refractivity contribution in [3.8, 4) is 0 Å². The number of amides is 1. The lowest BCUT2D eigenvalue weighted by Crippen LogP contribution is -2.15. The van der Waals surface area contributed by atoms with Gasteiger partial charge < -0.3 is 9.88 Å². The fourth-order valence-electron chi connectivity index (χ4n) is 1.79. The molecule has 1 amide bonds. The van der Waals surface area contributed by atoms with Crippen molar-refractivity contribution in [2.45, 2.75) is 20.0 Å². The van der Waals surface area contributed by atoms with E-state index in [2.05, 4.69) is 27.0 Å². The van der Waals surface area contributed by atoms with Crippen LogP contribution in [0.25, 0.3) is 0 Å². The zero-order valence-electron chi connectivity index (χ0n) is 9.76. The lowest BCUT2D eigenvalue weighted by atomic mass is 10.2. The zero-order chi connectivity index (χ0) is 12.1. The smallest absolute Gasteiger partial charge is 0.207 e. The summed E-state index contributed by atoms with van der Waals surface area (Å²) in [5.74, 6) is 0.874. The van der Waals surface area contributed by atoms with Gasteiger partial charge >= 0.3 is 0 Å². The van der Waals surface area contributed by atoms with Crippen molar-refractivity contribution in [3.63, 3.8) is 0 Å². The maximum atomic E-state index is 10.3. The molecule has 0 spiro atoms. The number of nitrogens with one attached hydrogen (secondary N) is 1. The molecule has 0 unspecified atom stereocenters. The third-order valence-corrected chi connectivity index (χ3v) is 2.52. The summed E-state index contributed by atoms with van der Waals surface area (Å²) >= 11 is 0. The summed E-state index contributed by atoms with van der Waals surface area (Å²) in [6.07, 6.45) is 2.69. The Labute approximate surface area is 100 Å².